The number of nitrogens with zero attached hydrogens (tertiary/aromatic N) is 1. The predicted octanol–water partition coefficient (Wildman–Crippen LogP) is 8.77. The number of hydrogen-bond donors (Lipinski definition) is 1. The van der Waals surface area contributed by atoms with Crippen molar-refractivity contribution in [2.24, 2.45) is 0 Å². The summed E-state index contributed by atoms with van der Waals surface area (Å²) in [5.74, 6) is 2.45. The van der Waals surface area contributed by atoms with E-state index in [0.29, 0.717) is 0 Å². The molecule has 0 fully saturated rings. The molecule has 0 atom stereocenters. The van der Waals surface area contributed by atoms with E-state index in [0.717, 1.165) is 51.8 Å². The maximum absolute atomic E-state index is 6.64. The molecule has 7 rings (SSSR count). The summed E-state index contributed by atoms with van der Waals surface area (Å²) in [6.07, 6.45) is 0.876. The molecule has 1 aliphatic carbocycles. The molecular weight excluding hydrogens is 452 g/mol. The summed E-state index contributed by atoms with van der Waals surface area (Å²) < 4.78 is 6.64. The Morgan fingerprint density at radius 1 is 0.541 bits per heavy atom. The summed E-state index contributed by atoms with van der Waals surface area (Å²) in [6, 6.07) is 43.7. The lowest BCUT2D eigenvalue weighted by atomic mass is 10.1. The third-order valence-electron chi connectivity index (χ3n) is 6.98. The van der Waals surface area contributed by atoms with Crippen molar-refractivity contribution in [1.29, 1.82) is 0 Å². The molecule has 1 aromatic heterocycles. The van der Waals surface area contributed by atoms with Gasteiger partial charge in [-0.15, -0.1) is 0 Å². The van der Waals surface area contributed by atoms with Crippen molar-refractivity contribution >= 4 is 0 Å². The monoisotopic (exact) mass is 476 g/mol. The second-order valence-corrected chi connectivity index (χ2v) is 9.26. The van der Waals surface area contributed by atoms with E-state index in [2.05, 4.69) is 89.9 Å². The number of H-pyrrole nitrogens is 1. The first kappa shape index (κ1) is 21.4. The van der Waals surface area contributed by atoms with Crippen molar-refractivity contribution in [2.45, 2.75) is 6.42 Å². The minimum Gasteiger partial charge on any atom is -0.456 e. The molecule has 1 aliphatic rings. The van der Waals surface area contributed by atoms with E-state index in [1.54, 1.807) is 0 Å². The Balaban J connectivity index is 1.32. The van der Waals surface area contributed by atoms with E-state index >= 15 is 0 Å². The molecule has 0 saturated carbocycles. The highest BCUT2D eigenvalue weighted by molar-refractivity contribution is 5.83. The fourth-order valence-corrected chi connectivity index (χ4v) is 5.21. The number of aromatic amines is 1. The van der Waals surface area contributed by atoms with E-state index in [4.69, 9.17) is 9.72 Å². The Morgan fingerprint density at radius 3 is 1.97 bits per heavy atom. The fraction of sp³-hybridized carbons (Fsp3) is 0.0294. The SMILES string of the molecule is c1ccc(-c2nc(-c3ccccc3Oc3cccc4c3Cc3ccccc3-4)[nH]c2-c2ccccc2)cc1. The van der Waals surface area contributed by atoms with Gasteiger partial charge in [-0.25, -0.2) is 4.98 Å². The number of rotatable bonds is 5. The van der Waals surface area contributed by atoms with Crippen LogP contribution in [0.5, 0.6) is 11.5 Å². The largest absolute Gasteiger partial charge is 0.456 e. The van der Waals surface area contributed by atoms with Crippen LogP contribution in [0.2, 0.25) is 0 Å². The average Bonchev–Trinajstić information content (AvgIpc) is 3.58. The highest BCUT2D eigenvalue weighted by Gasteiger charge is 2.23. The van der Waals surface area contributed by atoms with Gasteiger partial charge in [-0.2, -0.15) is 0 Å². The molecular formula is C34H24N2O. The smallest absolute Gasteiger partial charge is 0.142 e. The maximum atomic E-state index is 6.64. The molecule has 37 heavy (non-hydrogen) atoms. The zero-order chi connectivity index (χ0) is 24.6. The second kappa shape index (κ2) is 8.96. The quantitative estimate of drug-likeness (QED) is 0.270. The van der Waals surface area contributed by atoms with E-state index in [1.807, 2.05) is 42.5 Å². The molecule has 0 radical (unpaired) electrons. The van der Waals surface area contributed by atoms with Crippen LogP contribution >= 0.6 is 0 Å². The summed E-state index contributed by atoms with van der Waals surface area (Å²) in [4.78, 5) is 8.71. The molecule has 1 N–H and O–H groups in total. The van der Waals surface area contributed by atoms with Gasteiger partial charge < -0.3 is 9.72 Å². The molecule has 3 heteroatoms. The van der Waals surface area contributed by atoms with Crippen molar-refractivity contribution in [1.82, 2.24) is 9.97 Å². The van der Waals surface area contributed by atoms with Crippen molar-refractivity contribution in [3.05, 3.63) is 139 Å². The lowest BCUT2D eigenvalue weighted by molar-refractivity contribution is 0.479. The highest BCUT2D eigenvalue weighted by Crippen LogP contribution is 2.44. The van der Waals surface area contributed by atoms with Crippen LogP contribution in [0.1, 0.15) is 11.1 Å². The summed E-state index contributed by atoms with van der Waals surface area (Å²) in [7, 11) is 0. The molecule has 3 nitrogen and oxygen atoms in total. The van der Waals surface area contributed by atoms with Crippen LogP contribution in [0.25, 0.3) is 45.0 Å². The molecule has 0 amide bonds. The lowest BCUT2D eigenvalue weighted by Gasteiger charge is -2.13. The molecule has 0 spiro atoms. The first-order valence-electron chi connectivity index (χ1n) is 12.5. The van der Waals surface area contributed by atoms with Gasteiger partial charge in [0.1, 0.15) is 17.3 Å². The Bertz CT molecular complexity index is 1660. The van der Waals surface area contributed by atoms with Gasteiger partial charge in [-0.05, 0) is 34.9 Å². The van der Waals surface area contributed by atoms with Gasteiger partial charge in [0, 0.05) is 23.1 Å². The first-order valence-corrected chi connectivity index (χ1v) is 12.5. The van der Waals surface area contributed by atoms with Crippen molar-refractivity contribution in [3.8, 4) is 56.5 Å². The van der Waals surface area contributed by atoms with Gasteiger partial charge in [-0.1, -0.05) is 109 Å². The minimum atomic E-state index is 0.778. The van der Waals surface area contributed by atoms with E-state index in [1.165, 1.54) is 22.3 Å². The number of nitrogens with one attached hydrogen (secondary N) is 1. The van der Waals surface area contributed by atoms with E-state index in [9.17, 15) is 0 Å². The summed E-state index contributed by atoms with van der Waals surface area (Å²) in [5.41, 5.74) is 10.1. The standard InChI is InChI=1S/C34H24N2O/c1-3-12-23(13-4-1)32-33(24-14-5-2-6-15-24)36-34(35-32)28-18-9-10-20-30(28)37-31-21-11-19-27-26-17-8-7-16-25(26)22-29(27)31/h1-21H,22H2,(H,35,36). The lowest BCUT2D eigenvalue weighted by Crippen LogP contribution is -1.93. The average molecular weight is 477 g/mol. The van der Waals surface area contributed by atoms with E-state index < -0.39 is 0 Å². The van der Waals surface area contributed by atoms with Crippen LogP contribution in [0.15, 0.2) is 127 Å². The van der Waals surface area contributed by atoms with Gasteiger partial charge in [0.2, 0.25) is 0 Å². The van der Waals surface area contributed by atoms with Crippen molar-refractivity contribution in [3.63, 3.8) is 0 Å². The van der Waals surface area contributed by atoms with Crippen LogP contribution in [0.3, 0.4) is 0 Å². The molecule has 0 aliphatic heterocycles. The maximum Gasteiger partial charge on any atom is 0.142 e. The van der Waals surface area contributed by atoms with Crippen LogP contribution in [-0.2, 0) is 6.42 Å². The highest BCUT2D eigenvalue weighted by atomic mass is 16.5. The van der Waals surface area contributed by atoms with Gasteiger partial charge in [0.25, 0.3) is 0 Å². The molecule has 6 aromatic rings. The zero-order valence-electron chi connectivity index (χ0n) is 20.2. The molecule has 0 saturated heterocycles. The number of fused-ring (bicyclic) bond motifs is 3. The second-order valence-electron chi connectivity index (χ2n) is 9.26. The molecule has 0 unspecified atom stereocenters. The van der Waals surface area contributed by atoms with Gasteiger partial charge in [-0.3, -0.25) is 0 Å². The molecule has 176 valence electrons. The summed E-state index contributed by atoms with van der Waals surface area (Å²) in [6.45, 7) is 0. The number of benzene rings is 5. The van der Waals surface area contributed by atoms with Crippen LogP contribution < -0.4 is 4.74 Å². The number of ether oxygens (including phenoxy) is 1. The fourth-order valence-electron chi connectivity index (χ4n) is 5.21. The zero-order valence-corrected chi connectivity index (χ0v) is 20.2. The van der Waals surface area contributed by atoms with Gasteiger partial charge >= 0.3 is 0 Å². The normalized spacial score (nSPS) is 11.7. The van der Waals surface area contributed by atoms with Gasteiger partial charge in [0.05, 0.1) is 17.0 Å². The Hall–Kier alpha value is -4.89. The molecule has 0 bridgehead atoms. The minimum absolute atomic E-state index is 0.778. The Morgan fingerprint density at radius 2 is 1.16 bits per heavy atom. The molecule has 5 aromatic carbocycles. The summed E-state index contributed by atoms with van der Waals surface area (Å²) >= 11 is 0. The van der Waals surface area contributed by atoms with E-state index in [-0.39, 0.29) is 0 Å². The van der Waals surface area contributed by atoms with Crippen molar-refractivity contribution in [2.75, 3.05) is 0 Å². The predicted molar refractivity (Wildman–Crippen MR) is 150 cm³/mol. The third-order valence-corrected chi connectivity index (χ3v) is 6.98. The van der Waals surface area contributed by atoms with Crippen LogP contribution in [-0.4, -0.2) is 9.97 Å². The van der Waals surface area contributed by atoms with Crippen LogP contribution in [0, 0.1) is 0 Å². The first-order chi connectivity index (χ1) is 18.3. The topological polar surface area (TPSA) is 37.9 Å². The Kier molecular flexibility index (Phi) is 5.18. The van der Waals surface area contributed by atoms with Gasteiger partial charge in [0.15, 0.2) is 0 Å². The Labute approximate surface area is 216 Å². The number of hydrogen-bond acceptors (Lipinski definition) is 2. The summed E-state index contributed by atoms with van der Waals surface area (Å²) in [5, 5.41) is 0. The van der Waals surface area contributed by atoms with Crippen LogP contribution in [0.4, 0.5) is 0 Å². The number of para-hydroxylation sites is 1. The molecule has 1 heterocycles. The third kappa shape index (κ3) is 3.82. The number of aromatic nitrogens is 2. The number of imidazole rings is 1. The van der Waals surface area contributed by atoms with Crippen molar-refractivity contribution < 1.29 is 4.74 Å².